The van der Waals surface area contributed by atoms with E-state index in [4.69, 9.17) is 4.74 Å². The fraction of sp³-hybridized carbons (Fsp3) is 0.333. The number of fused-ring (bicyclic) bond motifs is 4. The fourth-order valence-corrected chi connectivity index (χ4v) is 5.56. The monoisotopic (exact) mass is 455 g/mol. The summed E-state index contributed by atoms with van der Waals surface area (Å²) in [6.45, 7) is 4.00. The van der Waals surface area contributed by atoms with Crippen LogP contribution in [0, 0.1) is 0 Å². The quantitative estimate of drug-likeness (QED) is 0.605. The number of amides is 1. The molecule has 0 radical (unpaired) electrons. The molecular weight excluding hydrogens is 430 g/mol. The Morgan fingerprint density at radius 2 is 1.90 bits per heavy atom. The minimum Gasteiger partial charge on any atom is -1.00 e. The number of rotatable bonds is 4. The maximum absolute atomic E-state index is 13.2. The lowest BCUT2D eigenvalue weighted by atomic mass is 10.1. The van der Waals surface area contributed by atoms with E-state index in [-0.39, 0.29) is 18.5 Å². The van der Waals surface area contributed by atoms with Crippen LogP contribution < -0.4 is 22.2 Å². The largest absolute Gasteiger partial charge is 1.00 e. The first-order chi connectivity index (χ1) is 14.8. The Balaban J connectivity index is 0.00000231. The molecule has 1 N–H and O–H groups in total. The van der Waals surface area contributed by atoms with Crippen LogP contribution in [0.5, 0.6) is 0 Å². The molecule has 1 fully saturated rings. The van der Waals surface area contributed by atoms with Gasteiger partial charge in [-0.25, -0.2) is 14.7 Å². The SMILES string of the molecule is O=C(OCCC[NH+]1CCCCC1)N1c2ccc3ccccc3c2Sc2cccnc21.[Cl-]. The molecular formula is C24H26ClN3O2S. The lowest BCUT2D eigenvalue weighted by Gasteiger charge is -2.30. The van der Waals surface area contributed by atoms with Crippen molar-refractivity contribution >= 4 is 40.1 Å². The van der Waals surface area contributed by atoms with Crippen molar-refractivity contribution in [3.63, 3.8) is 0 Å². The molecule has 31 heavy (non-hydrogen) atoms. The zero-order chi connectivity index (χ0) is 20.3. The number of aromatic nitrogens is 1. The molecule has 5 rings (SSSR count). The smallest absolute Gasteiger partial charge is 0.420 e. The molecule has 1 amide bonds. The van der Waals surface area contributed by atoms with Crippen molar-refractivity contribution in [3.8, 4) is 0 Å². The number of carbonyl (C=O) groups excluding carboxylic acids is 1. The normalized spacial score (nSPS) is 15.7. The number of quaternary nitrogens is 1. The lowest BCUT2D eigenvalue weighted by Crippen LogP contribution is -3.12. The number of halogens is 1. The summed E-state index contributed by atoms with van der Waals surface area (Å²) in [6, 6.07) is 16.3. The topological polar surface area (TPSA) is 46.9 Å². The van der Waals surface area contributed by atoms with Gasteiger partial charge in [0.05, 0.1) is 36.8 Å². The van der Waals surface area contributed by atoms with E-state index >= 15 is 0 Å². The van der Waals surface area contributed by atoms with Gasteiger partial charge in [-0.3, -0.25) is 0 Å². The number of hydrogen-bond acceptors (Lipinski definition) is 4. The third-order valence-corrected chi connectivity index (χ3v) is 7.09. The van der Waals surface area contributed by atoms with E-state index in [9.17, 15) is 4.79 Å². The first-order valence-electron chi connectivity index (χ1n) is 10.8. The Kier molecular flexibility index (Phi) is 7.00. The Morgan fingerprint density at radius 3 is 2.77 bits per heavy atom. The van der Waals surface area contributed by atoms with Crippen LogP contribution in [0.4, 0.5) is 16.3 Å². The van der Waals surface area contributed by atoms with Gasteiger partial charge in [-0.2, -0.15) is 0 Å². The number of hydrogen-bond donors (Lipinski definition) is 1. The number of carbonyl (C=O) groups is 1. The summed E-state index contributed by atoms with van der Waals surface area (Å²) in [5, 5.41) is 2.30. The van der Waals surface area contributed by atoms with Crippen molar-refractivity contribution in [2.45, 2.75) is 35.5 Å². The molecule has 5 nitrogen and oxygen atoms in total. The molecule has 2 aromatic carbocycles. The zero-order valence-electron chi connectivity index (χ0n) is 17.4. The van der Waals surface area contributed by atoms with Crippen LogP contribution in [-0.4, -0.2) is 37.3 Å². The van der Waals surface area contributed by atoms with Crippen LogP contribution in [0.3, 0.4) is 0 Å². The number of ether oxygens (including phenoxy) is 1. The number of benzene rings is 2. The maximum atomic E-state index is 13.2. The second-order valence-electron chi connectivity index (χ2n) is 7.93. The summed E-state index contributed by atoms with van der Waals surface area (Å²) < 4.78 is 5.72. The molecule has 2 aliphatic heterocycles. The molecule has 0 unspecified atom stereocenters. The highest BCUT2D eigenvalue weighted by Crippen LogP contribution is 2.50. The van der Waals surface area contributed by atoms with E-state index in [2.05, 4.69) is 23.2 Å². The lowest BCUT2D eigenvalue weighted by molar-refractivity contribution is -0.905. The molecule has 3 aromatic rings. The number of likely N-dealkylation sites (tertiary alicyclic amines) is 1. The Hall–Kier alpha value is -2.28. The highest BCUT2D eigenvalue weighted by Gasteiger charge is 2.31. The molecule has 1 saturated heterocycles. The second kappa shape index (κ2) is 9.90. The van der Waals surface area contributed by atoms with Gasteiger partial charge >= 0.3 is 6.09 Å². The van der Waals surface area contributed by atoms with Crippen LogP contribution in [-0.2, 0) is 4.74 Å². The molecule has 0 saturated carbocycles. The summed E-state index contributed by atoms with van der Waals surface area (Å²) in [7, 11) is 0. The average Bonchev–Trinajstić information content (AvgIpc) is 2.81. The van der Waals surface area contributed by atoms with Gasteiger partial charge in [0.2, 0.25) is 0 Å². The first kappa shape index (κ1) is 21.9. The molecule has 162 valence electrons. The molecule has 0 atom stereocenters. The van der Waals surface area contributed by atoms with E-state index in [0.29, 0.717) is 12.4 Å². The predicted molar refractivity (Wildman–Crippen MR) is 120 cm³/mol. The van der Waals surface area contributed by atoms with Crippen molar-refractivity contribution in [1.29, 1.82) is 0 Å². The number of piperidine rings is 1. The fourth-order valence-electron chi connectivity index (χ4n) is 4.40. The Morgan fingerprint density at radius 1 is 1.06 bits per heavy atom. The predicted octanol–water partition coefficient (Wildman–Crippen LogP) is 1.44. The average molecular weight is 456 g/mol. The van der Waals surface area contributed by atoms with E-state index in [1.54, 1.807) is 27.8 Å². The van der Waals surface area contributed by atoms with Crippen molar-refractivity contribution in [3.05, 3.63) is 54.7 Å². The molecule has 7 heteroatoms. The van der Waals surface area contributed by atoms with Crippen molar-refractivity contribution in [1.82, 2.24) is 4.98 Å². The van der Waals surface area contributed by atoms with Crippen LogP contribution in [0.1, 0.15) is 25.7 Å². The zero-order valence-corrected chi connectivity index (χ0v) is 18.9. The van der Waals surface area contributed by atoms with Crippen LogP contribution >= 0.6 is 11.8 Å². The van der Waals surface area contributed by atoms with E-state index < -0.39 is 0 Å². The van der Waals surface area contributed by atoms with Gasteiger partial charge in [-0.05, 0) is 48.2 Å². The third kappa shape index (κ3) is 4.52. The second-order valence-corrected chi connectivity index (χ2v) is 8.98. The molecule has 0 spiro atoms. The Bertz CT molecular complexity index is 1070. The van der Waals surface area contributed by atoms with Crippen molar-refractivity contribution < 1.29 is 26.8 Å². The van der Waals surface area contributed by atoms with Gasteiger partial charge in [0.1, 0.15) is 0 Å². The van der Waals surface area contributed by atoms with Crippen LogP contribution in [0.2, 0.25) is 0 Å². The molecule has 0 aliphatic carbocycles. The van der Waals surface area contributed by atoms with Gasteiger partial charge in [0, 0.05) is 17.5 Å². The molecule has 0 bridgehead atoms. The highest BCUT2D eigenvalue weighted by atomic mass is 35.5. The number of nitrogens with one attached hydrogen (secondary N) is 1. The summed E-state index contributed by atoms with van der Waals surface area (Å²) >= 11 is 1.66. The van der Waals surface area contributed by atoms with E-state index in [0.717, 1.165) is 39.2 Å². The van der Waals surface area contributed by atoms with Crippen LogP contribution in [0.15, 0.2) is 64.5 Å². The van der Waals surface area contributed by atoms with E-state index in [1.165, 1.54) is 32.4 Å². The minimum atomic E-state index is -0.347. The third-order valence-electron chi connectivity index (χ3n) is 5.92. The maximum Gasteiger partial charge on any atom is 0.420 e. The number of nitrogens with zero attached hydrogens (tertiary/aromatic N) is 2. The summed E-state index contributed by atoms with van der Waals surface area (Å²) in [5.74, 6) is 0.650. The summed E-state index contributed by atoms with van der Waals surface area (Å²) in [4.78, 5) is 23.0. The van der Waals surface area contributed by atoms with Gasteiger partial charge < -0.3 is 22.0 Å². The van der Waals surface area contributed by atoms with Gasteiger partial charge in [-0.15, -0.1) is 0 Å². The molecule has 3 heterocycles. The summed E-state index contributed by atoms with van der Waals surface area (Å²) in [6.07, 6.45) is 6.25. The highest BCUT2D eigenvalue weighted by molar-refractivity contribution is 8.00. The molecule has 2 aliphatic rings. The number of pyridine rings is 1. The minimum absolute atomic E-state index is 0. The standard InChI is InChI=1S/C24H25N3O2S.ClH/c28-24(29-17-7-16-26-14-4-1-5-15-26)27-20-12-11-18-8-2-3-9-19(18)22(20)30-21-10-6-13-25-23(21)27;/h2-3,6,8-13H,1,4-5,7,14-17H2;1H. The first-order valence-corrected chi connectivity index (χ1v) is 11.6. The summed E-state index contributed by atoms with van der Waals surface area (Å²) in [5.41, 5.74) is 0.844. The van der Waals surface area contributed by atoms with Crippen molar-refractivity contribution in [2.24, 2.45) is 0 Å². The van der Waals surface area contributed by atoms with Crippen molar-refractivity contribution in [2.75, 3.05) is 31.1 Å². The van der Waals surface area contributed by atoms with E-state index in [1.807, 2.05) is 30.3 Å². The van der Waals surface area contributed by atoms with Crippen LogP contribution in [0.25, 0.3) is 10.8 Å². The van der Waals surface area contributed by atoms with Gasteiger partial charge in [-0.1, -0.05) is 42.1 Å². The van der Waals surface area contributed by atoms with Gasteiger partial charge in [0.25, 0.3) is 0 Å². The Labute approximate surface area is 193 Å². The van der Waals surface area contributed by atoms with Gasteiger partial charge in [0.15, 0.2) is 5.82 Å². The molecule has 1 aromatic heterocycles. The number of anilines is 2.